The lowest BCUT2D eigenvalue weighted by Crippen LogP contribution is -2.49. The second kappa shape index (κ2) is 8.26. The smallest absolute Gasteiger partial charge is 0.323 e. The number of tetrazole rings is 1. The summed E-state index contributed by atoms with van der Waals surface area (Å²) in [6.07, 6.45) is -0.230. The van der Waals surface area contributed by atoms with E-state index in [-0.39, 0.29) is 28.1 Å². The number of fused-ring (bicyclic) bond motifs is 3. The van der Waals surface area contributed by atoms with Gasteiger partial charge in [-0.2, -0.15) is 8.78 Å². The quantitative estimate of drug-likeness (QED) is 0.345. The number of pyridine rings is 1. The summed E-state index contributed by atoms with van der Waals surface area (Å²) in [7, 11) is 0. The molecule has 2 atom stereocenters. The predicted molar refractivity (Wildman–Crippen MR) is 113 cm³/mol. The molecule has 0 saturated carbocycles. The van der Waals surface area contributed by atoms with Crippen molar-refractivity contribution in [2.75, 3.05) is 0 Å². The van der Waals surface area contributed by atoms with Crippen LogP contribution in [0.15, 0.2) is 60.8 Å². The van der Waals surface area contributed by atoms with Gasteiger partial charge in [-0.3, -0.25) is 4.98 Å². The Hall–Kier alpha value is -4.14. The summed E-state index contributed by atoms with van der Waals surface area (Å²) in [5.41, 5.74) is -3.44. The Morgan fingerprint density at radius 2 is 1.86 bits per heavy atom. The summed E-state index contributed by atoms with van der Waals surface area (Å²) < 4.78 is 59.6. The van der Waals surface area contributed by atoms with Crippen LogP contribution in [0.5, 0.6) is 0 Å². The number of halogens is 4. The zero-order chi connectivity index (χ0) is 24.8. The molecule has 1 aliphatic heterocycles. The van der Waals surface area contributed by atoms with Crippen molar-refractivity contribution in [3.05, 3.63) is 94.8 Å². The summed E-state index contributed by atoms with van der Waals surface area (Å²) in [5.74, 6) is -0.0209. The molecule has 1 aliphatic rings. The van der Waals surface area contributed by atoms with E-state index >= 15 is 8.78 Å². The minimum atomic E-state index is -3.93. The maximum absolute atomic E-state index is 15.7. The van der Waals surface area contributed by atoms with E-state index in [1.165, 1.54) is 24.3 Å². The fourth-order valence-electron chi connectivity index (χ4n) is 3.91. The number of hydrogen-bond donors (Lipinski definition) is 2. The Balaban J connectivity index is 1.46. The third-order valence-electron chi connectivity index (χ3n) is 5.70. The van der Waals surface area contributed by atoms with E-state index in [0.717, 1.165) is 41.2 Å². The van der Waals surface area contributed by atoms with E-state index in [0.29, 0.717) is 0 Å². The lowest BCUT2D eigenvalue weighted by molar-refractivity contribution is -0.207. The molecule has 35 heavy (non-hydrogen) atoms. The normalized spacial score (nSPS) is 17.7. The summed E-state index contributed by atoms with van der Waals surface area (Å²) in [4.78, 5) is 3.78. The molecule has 2 unspecified atom stereocenters. The fraction of sp³-hybridized carbons (Fsp3) is 0.167. The van der Waals surface area contributed by atoms with E-state index in [1.807, 2.05) is 0 Å². The summed E-state index contributed by atoms with van der Waals surface area (Å²) in [5, 5.41) is 32.1. The second-order valence-electron chi connectivity index (χ2n) is 7.94. The van der Waals surface area contributed by atoms with E-state index in [2.05, 4.69) is 32.4 Å². The second-order valence-corrected chi connectivity index (χ2v) is 7.94. The third kappa shape index (κ3) is 3.82. The van der Waals surface area contributed by atoms with Crippen molar-refractivity contribution in [2.24, 2.45) is 0 Å². The maximum Gasteiger partial charge on any atom is 0.323 e. The maximum atomic E-state index is 15.7. The van der Waals surface area contributed by atoms with E-state index in [1.54, 1.807) is 0 Å². The van der Waals surface area contributed by atoms with Crippen LogP contribution >= 0.6 is 0 Å². The van der Waals surface area contributed by atoms with Crippen molar-refractivity contribution in [3.63, 3.8) is 0 Å². The monoisotopic (exact) mass is 481 g/mol. The number of benzene rings is 2. The number of aliphatic hydroxyl groups excluding tert-OH is 1. The van der Waals surface area contributed by atoms with Crippen LogP contribution in [0.3, 0.4) is 0 Å². The van der Waals surface area contributed by atoms with Crippen molar-refractivity contribution in [3.8, 4) is 23.2 Å². The molecule has 5 rings (SSSR count). The topological polar surface area (TPSA) is 97.0 Å². The van der Waals surface area contributed by atoms with Crippen LogP contribution in [0, 0.1) is 23.5 Å². The number of hydrogen-bond acceptors (Lipinski definition) is 6. The fourth-order valence-corrected chi connectivity index (χ4v) is 3.91. The standard InChI is InChI=1S/C24H15F4N5O2/c25-16-3-1-2-15(10-16)20(34)8-4-14-5-9-21(29-12-14)24(27,28)23(35)13-33-22(30-31-32-33)18-11-17(26)6-7-19(18)23/h1-3,5-7,9-12,20,34-35H,13H2. The van der Waals surface area contributed by atoms with Crippen molar-refractivity contribution in [2.45, 2.75) is 24.2 Å². The highest BCUT2D eigenvalue weighted by molar-refractivity contribution is 5.64. The van der Waals surface area contributed by atoms with Crippen LogP contribution < -0.4 is 0 Å². The largest absolute Gasteiger partial charge is 0.377 e. The molecule has 0 spiro atoms. The third-order valence-corrected chi connectivity index (χ3v) is 5.70. The van der Waals surface area contributed by atoms with Crippen molar-refractivity contribution in [1.82, 2.24) is 25.2 Å². The number of aromatic nitrogens is 5. The van der Waals surface area contributed by atoms with Crippen LogP contribution in [0.2, 0.25) is 0 Å². The molecule has 176 valence electrons. The minimum Gasteiger partial charge on any atom is -0.377 e. The van der Waals surface area contributed by atoms with Gasteiger partial charge in [-0.1, -0.05) is 30.0 Å². The Morgan fingerprint density at radius 1 is 1.06 bits per heavy atom. The van der Waals surface area contributed by atoms with Gasteiger partial charge in [-0.15, -0.1) is 5.10 Å². The molecule has 2 aromatic carbocycles. The van der Waals surface area contributed by atoms with E-state index in [9.17, 15) is 19.0 Å². The average Bonchev–Trinajstić information content (AvgIpc) is 3.31. The van der Waals surface area contributed by atoms with Gasteiger partial charge >= 0.3 is 5.92 Å². The first-order valence-electron chi connectivity index (χ1n) is 10.3. The van der Waals surface area contributed by atoms with Gasteiger partial charge in [0.2, 0.25) is 0 Å². The summed E-state index contributed by atoms with van der Waals surface area (Å²) in [6, 6.07) is 10.5. The number of aliphatic hydroxyl groups is 2. The van der Waals surface area contributed by atoms with Crippen molar-refractivity contribution in [1.29, 1.82) is 0 Å². The average molecular weight is 481 g/mol. The van der Waals surface area contributed by atoms with E-state index < -0.39 is 41.5 Å². The molecule has 0 amide bonds. The molecule has 0 radical (unpaired) electrons. The first-order valence-corrected chi connectivity index (χ1v) is 10.3. The van der Waals surface area contributed by atoms with Crippen molar-refractivity contribution < 1.29 is 27.8 Å². The Morgan fingerprint density at radius 3 is 2.60 bits per heavy atom. The van der Waals surface area contributed by atoms with Crippen molar-refractivity contribution >= 4 is 0 Å². The van der Waals surface area contributed by atoms with Gasteiger partial charge in [0.1, 0.15) is 23.4 Å². The molecule has 2 N–H and O–H groups in total. The van der Waals surface area contributed by atoms with Gasteiger partial charge in [0.15, 0.2) is 11.4 Å². The molecule has 0 fully saturated rings. The SMILES string of the molecule is OC(C#Cc1ccc(C(F)(F)C2(O)Cn3nnnc3-c3cc(F)ccc32)nc1)c1cccc(F)c1. The Labute approximate surface area is 195 Å². The highest BCUT2D eigenvalue weighted by atomic mass is 19.3. The molecular weight excluding hydrogens is 466 g/mol. The van der Waals surface area contributed by atoms with Crippen LogP contribution in [0.4, 0.5) is 17.6 Å². The van der Waals surface area contributed by atoms with Gasteiger partial charge in [0.05, 0.1) is 6.54 Å². The highest BCUT2D eigenvalue weighted by Gasteiger charge is 2.59. The van der Waals surface area contributed by atoms with Crippen LogP contribution in [-0.2, 0) is 18.1 Å². The zero-order valence-corrected chi connectivity index (χ0v) is 17.7. The Kier molecular flexibility index (Phi) is 5.35. The molecule has 0 aliphatic carbocycles. The highest BCUT2D eigenvalue weighted by Crippen LogP contribution is 2.50. The summed E-state index contributed by atoms with van der Waals surface area (Å²) in [6.45, 7) is -0.690. The van der Waals surface area contributed by atoms with Gasteiger partial charge in [-0.25, -0.2) is 13.5 Å². The van der Waals surface area contributed by atoms with Gasteiger partial charge in [0.25, 0.3) is 0 Å². The molecule has 11 heteroatoms. The molecule has 4 aromatic rings. The molecule has 2 aromatic heterocycles. The molecule has 0 bridgehead atoms. The lowest BCUT2D eigenvalue weighted by atomic mass is 9.80. The van der Waals surface area contributed by atoms with Gasteiger partial charge in [0, 0.05) is 22.9 Å². The van der Waals surface area contributed by atoms with Gasteiger partial charge in [-0.05, 0) is 52.4 Å². The zero-order valence-electron chi connectivity index (χ0n) is 17.7. The van der Waals surface area contributed by atoms with Crippen LogP contribution in [0.25, 0.3) is 11.4 Å². The first-order chi connectivity index (χ1) is 16.7. The molecule has 3 heterocycles. The molecule has 0 saturated heterocycles. The number of nitrogens with zero attached hydrogens (tertiary/aromatic N) is 5. The number of alkyl halides is 2. The lowest BCUT2D eigenvalue weighted by Gasteiger charge is -2.39. The summed E-state index contributed by atoms with van der Waals surface area (Å²) >= 11 is 0. The first kappa shape index (κ1) is 22.6. The van der Waals surface area contributed by atoms with Crippen LogP contribution in [-0.4, -0.2) is 35.4 Å². The molecular formula is C24H15F4N5O2. The molecule has 7 nitrogen and oxygen atoms in total. The van der Waals surface area contributed by atoms with Crippen LogP contribution in [0.1, 0.15) is 28.5 Å². The minimum absolute atomic E-state index is 0.0513. The number of rotatable bonds is 3. The van der Waals surface area contributed by atoms with Gasteiger partial charge < -0.3 is 10.2 Å². The van der Waals surface area contributed by atoms with E-state index in [4.69, 9.17) is 0 Å². The predicted octanol–water partition coefficient (Wildman–Crippen LogP) is 3.09. The Bertz CT molecular complexity index is 1480.